The van der Waals surface area contributed by atoms with Crippen LogP contribution in [0.4, 0.5) is 10.4 Å². The number of pyridine rings is 1. The van der Waals surface area contributed by atoms with Gasteiger partial charge >= 0.3 is 6.01 Å². The third kappa shape index (κ3) is 4.43. The molecule has 8 nitrogen and oxygen atoms in total. The van der Waals surface area contributed by atoms with Crippen LogP contribution in [0.25, 0.3) is 27.7 Å². The number of oxazole rings is 1. The molecular formula is C25H17ClFN3O5S. The van der Waals surface area contributed by atoms with E-state index in [9.17, 15) is 17.6 Å². The summed E-state index contributed by atoms with van der Waals surface area (Å²) in [6.45, 7) is 0. The summed E-state index contributed by atoms with van der Waals surface area (Å²) >= 11 is 6.03. The predicted octanol–water partition coefficient (Wildman–Crippen LogP) is 5.25. The number of nitrogens with zero attached hydrogens (tertiary/aromatic N) is 2. The molecule has 0 atom stereocenters. The molecule has 2 heterocycles. The average molecular weight is 526 g/mol. The molecule has 0 saturated heterocycles. The van der Waals surface area contributed by atoms with Crippen LogP contribution in [-0.2, 0) is 10.0 Å². The van der Waals surface area contributed by atoms with E-state index in [4.69, 9.17) is 20.8 Å². The molecule has 182 valence electrons. The number of ether oxygens (including phenoxy) is 1. The van der Waals surface area contributed by atoms with Crippen LogP contribution in [0.15, 0.2) is 93.3 Å². The highest BCUT2D eigenvalue weighted by molar-refractivity contribution is 7.92. The van der Waals surface area contributed by atoms with Crippen LogP contribution in [0.1, 0.15) is 0 Å². The smallest absolute Gasteiger partial charge is 0.308 e. The Balaban J connectivity index is 1.66. The number of rotatable bonds is 6. The van der Waals surface area contributed by atoms with Crippen molar-refractivity contribution in [3.63, 3.8) is 0 Å². The minimum atomic E-state index is -3.99. The molecule has 0 aliphatic heterocycles. The summed E-state index contributed by atoms with van der Waals surface area (Å²) in [5.74, 6) is -0.109. The normalized spacial score (nSPS) is 11.5. The van der Waals surface area contributed by atoms with Gasteiger partial charge in [-0.2, -0.15) is 0 Å². The lowest BCUT2D eigenvalue weighted by molar-refractivity contribution is 0.413. The molecule has 1 N–H and O–H groups in total. The fourth-order valence-electron chi connectivity index (χ4n) is 3.85. The molecule has 36 heavy (non-hydrogen) atoms. The average Bonchev–Trinajstić information content (AvgIpc) is 3.35. The van der Waals surface area contributed by atoms with Crippen LogP contribution in [0.3, 0.4) is 0 Å². The number of hydrogen-bond donors (Lipinski definition) is 1. The molecule has 5 aromatic rings. The van der Waals surface area contributed by atoms with E-state index in [-0.39, 0.29) is 21.5 Å². The second-order valence-corrected chi connectivity index (χ2v) is 9.83. The van der Waals surface area contributed by atoms with Crippen molar-refractivity contribution in [1.82, 2.24) is 9.55 Å². The molecule has 0 radical (unpaired) electrons. The molecular weight excluding hydrogens is 509 g/mol. The highest BCUT2D eigenvalue weighted by Gasteiger charge is 2.19. The zero-order valence-corrected chi connectivity index (χ0v) is 20.2. The number of sulfonamides is 1. The van der Waals surface area contributed by atoms with Crippen molar-refractivity contribution < 1.29 is 22.0 Å². The highest BCUT2D eigenvalue weighted by atomic mass is 35.5. The Bertz CT molecular complexity index is 1750. The number of nitrogens with one attached hydrogen (secondary N) is 1. The number of hydrogen-bond acceptors (Lipinski definition) is 6. The van der Waals surface area contributed by atoms with Gasteiger partial charge in [0.15, 0.2) is 0 Å². The van der Waals surface area contributed by atoms with Crippen molar-refractivity contribution in [2.75, 3.05) is 11.8 Å². The summed E-state index contributed by atoms with van der Waals surface area (Å²) in [6, 6.07) is 16.2. The topological polar surface area (TPSA) is 103 Å². The molecule has 5 rings (SSSR count). The minimum absolute atomic E-state index is 0.0477. The van der Waals surface area contributed by atoms with E-state index in [1.165, 1.54) is 66.6 Å². The lowest BCUT2D eigenvalue weighted by atomic mass is 10.0. The molecule has 0 bridgehead atoms. The van der Waals surface area contributed by atoms with Gasteiger partial charge in [-0.1, -0.05) is 17.7 Å². The Morgan fingerprint density at radius 1 is 1.03 bits per heavy atom. The first kappa shape index (κ1) is 23.6. The standard InChI is InChI=1S/C25H17ClFN3O5S/c1-34-23-6-2-15(17-10-18(26)14-19(27)11-17)13-22(23)30-21-5-4-20(12-16(21)3-7-24(30)31)36(32,33)29-25-28-8-9-35-25/h2-14H,1H3,(H,28,29). The maximum Gasteiger partial charge on any atom is 0.308 e. The van der Waals surface area contributed by atoms with E-state index < -0.39 is 15.8 Å². The van der Waals surface area contributed by atoms with E-state index in [1.54, 1.807) is 24.3 Å². The SMILES string of the molecule is COc1ccc(-c2cc(F)cc(Cl)c2)cc1-n1c(=O)ccc2cc(S(=O)(=O)Nc3ncco3)ccc21. The highest BCUT2D eigenvalue weighted by Crippen LogP contribution is 2.32. The van der Waals surface area contributed by atoms with Gasteiger partial charge < -0.3 is 9.15 Å². The van der Waals surface area contributed by atoms with Crippen molar-refractivity contribution in [3.05, 3.63) is 100 Å². The summed E-state index contributed by atoms with van der Waals surface area (Å²) in [5.41, 5.74) is 1.57. The monoisotopic (exact) mass is 525 g/mol. The first-order valence-electron chi connectivity index (χ1n) is 10.5. The van der Waals surface area contributed by atoms with Crippen LogP contribution >= 0.6 is 11.6 Å². The second-order valence-electron chi connectivity index (χ2n) is 7.72. The van der Waals surface area contributed by atoms with E-state index in [2.05, 4.69) is 9.71 Å². The van der Waals surface area contributed by atoms with Gasteiger partial charge in [0.25, 0.3) is 15.6 Å². The summed E-state index contributed by atoms with van der Waals surface area (Å²) in [4.78, 5) is 16.7. The first-order valence-corrected chi connectivity index (χ1v) is 12.3. The predicted molar refractivity (Wildman–Crippen MR) is 134 cm³/mol. The van der Waals surface area contributed by atoms with Gasteiger partial charge in [-0.25, -0.2) is 22.5 Å². The summed E-state index contributed by atoms with van der Waals surface area (Å²) in [5, 5.41) is 0.711. The lowest BCUT2D eigenvalue weighted by Gasteiger charge is -2.16. The molecule has 0 aliphatic carbocycles. The number of fused-ring (bicyclic) bond motifs is 1. The van der Waals surface area contributed by atoms with Gasteiger partial charge in [0.05, 0.1) is 29.4 Å². The van der Waals surface area contributed by atoms with Gasteiger partial charge in [0, 0.05) is 16.5 Å². The number of methoxy groups -OCH3 is 1. The van der Waals surface area contributed by atoms with Gasteiger partial charge in [-0.15, -0.1) is 0 Å². The lowest BCUT2D eigenvalue weighted by Crippen LogP contribution is -2.19. The van der Waals surface area contributed by atoms with E-state index >= 15 is 0 Å². The molecule has 0 aliphatic rings. The summed E-state index contributed by atoms with van der Waals surface area (Å²) < 4.78 is 53.7. The van der Waals surface area contributed by atoms with Crippen molar-refractivity contribution >= 4 is 38.5 Å². The van der Waals surface area contributed by atoms with Crippen LogP contribution in [0.5, 0.6) is 5.75 Å². The first-order chi connectivity index (χ1) is 17.2. The zero-order valence-electron chi connectivity index (χ0n) is 18.6. The third-order valence-corrected chi connectivity index (χ3v) is 6.98. The molecule has 11 heteroatoms. The maximum absolute atomic E-state index is 14.0. The summed E-state index contributed by atoms with van der Waals surface area (Å²) in [6.07, 6.45) is 2.56. The second kappa shape index (κ2) is 9.14. The van der Waals surface area contributed by atoms with Crippen LogP contribution in [0.2, 0.25) is 5.02 Å². The summed E-state index contributed by atoms with van der Waals surface area (Å²) in [7, 11) is -2.53. The van der Waals surface area contributed by atoms with Crippen molar-refractivity contribution in [1.29, 1.82) is 0 Å². The Labute approximate surface area is 209 Å². The molecule has 0 saturated carbocycles. The van der Waals surface area contributed by atoms with Gasteiger partial charge in [-0.05, 0) is 65.7 Å². The molecule has 2 aromatic heterocycles. The fourth-order valence-corrected chi connectivity index (χ4v) is 5.05. The van der Waals surface area contributed by atoms with Gasteiger partial charge in [-0.3, -0.25) is 9.36 Å². The van der Waals surface area contributed by atoms with Crippen LogP contribution in [0, 0.1) is 5.82 Å². The Morgan fingerprint density at radius 3 is 2.58 bits per heavy atom. The molecule has 3 aromatic carbocycles. The van der Waals surface area contributed by atoms with Crippen molar-refractivity contribution in [3.8, 4) is 22.6 Å². The third-order valence-electron chi connectivity index (χ3n) is 5.45. The van der Waals surface area contributed by atoms with Gasteiger partial charge in [0.1, 0.15) is 17.8 Å². The fraction of sp³-hybridized carbons (Fsp3) is 0.0400. The van der Waals surface area contributed by atoms with E-state index in [1.807, 2.05) is 0 Å². The molecule has 0 amide bonds. The number of halogens is 2. The Hall–Kier alpha value is -4.15. The molecule has 0 spiro atoms. The van der Waals surface area contributed by atoms with E-state index in [0.717, 1.165) is 0 Å². The van der Waals surface area contributed by atoms with Crippen molar-refractivity contribution in [2.24, 2.45) is 0 Å². The van der Waals surface area contributed by atoms with Crippen LogP contribution in [-0.4, -0.2) is 25.1 Å². The Morgan fingerprint density at radius 2 is 1.86 bits per heavy atom. The molecule has 0 unspecified atom stereocenters. The zero-order chi connectivity index (χ0) is 25.4. The largest absolute Gasteiger partial charge is 0.495 e. The van der Waals surface area contributed by atoms with Gasteiger partial charge in [0.2, 0.25) is 0 Å². The Kier molecular flexibility index (Phi) is 5.99. The van der Waals surface area contributed by atoms with E-state index in [0.29, 0.717) is 33.5 Å². The maximum atomic E-state index is 14.0. The molecule has 0 fully saturated rings. The number of benzene rings is 3. The minimum Gasteiger partial charge on any atom is -0.495 e. The van der Waals surface area contributed by atoms with Crippen LogP contribution < -0.4 is 15.0 Å². The quantitative estimate of drug-likeness (QED) is 0.325. The van der Waals surface area contributed by atoms with Crippen molar-refractivity contribution in [2.45, 2.75) is 4.90 Å². The number of aromatic nitrogens is 2. The number of anilines is 1.